The summed E-state index contributed by atoms with van der Waals surface area (Å²) in [5.41, 5.74) is 7.92. The molecular formula is C40H26N8O6S2. The summed E-state index contributed by atoms with van der Waals surface area (Å²) in [5, 5.41) is 12.5. The van der Waals surface area contributed by atoms with Gasteiger partial charge in [-0.2, -0.15) is 36.7 Å². The Labute approximate surface area is 316 Å². The van der Waals surface area contributed by atoms with Crippen molar-refractivity contribution in [1.82, 2.24) is 28.1 Å². The van der Waals surface area contributed by atoms with E-state index in [9.17, 15) is 25.9 Å². The van der Waals surface area contributed by atoms with Crippen LogP contribution in [0.25, 0.3) is 67.1 Å². The Morgan fingerprint density at radius 3 is 1.75 bits per heavy atom. The number of hydrogen-bond donors (Lipinski definition) is 2. The minimum Gasteiger partial charge on any atom is -0.282 e. The lowest BCUT2D eigenvalue weighted by Crippen LogP contribution is -2.02. The molecule has 11 aromatic rings. The molecule has 0 saturated carbocycles. The van der Waals surface area contributed by atoms with E-state index in [-0.39, 0.29) is 9.79 Å². The summed E-state index contributed by atoms with van der Waals surface area (Å²) in [6, 6.07) is 40.3. The van der Waals surface area contributed by atoms with Crippen LogP contribution in [0.4, 0.5) is 11.4 Å². The molecule has 4 aromatic heterocycles. The van der Waals surface area contributed by atoms with Crippen molar-refractivity contribution in [3.63, 3.8) is 0 Å². The van der Waals surface area contributed by atoms with Crippen molar-refractivity contribution in [2.24, 2.45) is 10.2 Å². The Morgan fingerprint density at radius 1 is 0.500 bits per heavy atom. The predicted octanol–water partition coefficient (Wildman–Crippen LogP) is 8.54. The number of rotatable bonds is 8. The summed E-state index contributed by atoms with van der Waals surface area (Å²) >= 11 is 0. The minimum atomic E-state index is -4.53. The quantitative estimate of drug-likeness (QED) is 0.0893. The van der Waals surface area contributed by atoms with Crippen LogP contribution in [-0.2, 0) is 20.2 Å². The highest BCUT2D eigenvalue weighted by Crippen LogP contribution is 2.35. The molecule has 16 heteroatoms. The maximum absolute atomic E-state index is 12.5. The van der Waals surface area contributed by atoms with Crippen molar-refractivity contribution in [2.45, 2.75) is 9.79 Å². The summed E-state index contributed by atoms with van der Waals surface area (Å²) < 4.78 is 75.6. The summed E-state index contributed by atoms with van der Waals surface area (Å²) in [7, 11) is -8.82. The van der Waals surface area contributed by atoms with Gasteiger partial charge in [0, 0.05) is 10.8 Å². The third kappa shape index (κ3) is 4.94. The summed E-state index contributed by atoms with van der Waals surface area (Å²) in [6.07, 6.45) is 3.42. The fourth-order valence-corrected chi connectivity index (χ4v) is 8.65. The lowest BCUT2D eigenvalue weighted by atomic mass is 10.1. The first-order valence-corrected chi connectivity index (χ1v) is 20.2. The van der Waals surface area contributed by atoms with Crippen LogP contribution >= 0.6 is 0 Å². The molecule has 7 aromatic carbocycles. The van der Waals surface area contributed by atoms with Crippen LogP contribution in [0.2, 0.25) is 0 Å². The number of aromatic nitrogens is 6. The molecule has 0 aliphatic rings. The van der Waals surface area contributed by atoms with Crippen LogP contribution in [-0.4, -0.2) is 54.1 Å². The topological polar surface area (TPSA) is 161 Å². The fraction of sp³-hybridized carbons (Fsp3) is 0. The molecule has 14 nitrogen and oxygen atoms in total. The number of benzene rings is 7. The average Bonchev–Trinajstić information content (AvgIpc) is 4.05. The highest BCUT2D eigenvalue weighted by Gasteiger charge is 2.28. The summed E-state index contributed by atoms with van der Waals surface area (Å²) in [6.45, 7) is 0. The van der Waals surface area contributed by atoms with E-state index in [1.807, 2.05) is 101 Å². The van der Waals surface area contributed by atoms with Crippen LogP contribution in [0.5, 0.6) is 0 Å². The molecule has 56 heavy (non-hydrogen) atoms. The average molecular weight is 779 g/mol. The number of fused-ring (bicyclic) bond motifs is 12. The highest BCUT2D eigenvalue weighted by molar-refractivity contribution is 7.86. The summed E-state index contributed by atoms with van der Waals surface area (Å²) in [4.78, 5) is 3.50. The molecule has 274 valence electrons. The van der Waals surface area contributed by atoms with Gasteiger partial charge in [0.15, 0.2) is 0 Å². The van der Waals surface area contributed by atoms with Gasteiger partial charge in [0.2, 0.25) is 0 Å². The Hall–Kier alpha value is -6.98. The Balaban J connectivity index is 0.798. The van der Waals surface area contributed by atoms with Gasteiger partial charge in [-0.1, -0.05) is 72.8 Å². The number of hydrogen-bond acceptors (Lipinski definition) is 6. The van der Waals surface area contributed by atoms with Crippen molar-refractivity contribution < 1.29 is 25.9 Å². The molecule has 0 unspecified atom stereocenters. The van der Waals surface area contributed by atoms with Gasteiger partial charge in [0.05, 0.1) is 27.6 Å². The molecule has 0 aliphatic heterocycles. The van der Waals surface area contributed by atoms with Crippen molar-refractivity contribution >= 4 is 87.4 Å². The molecule has 4 heterocycles. The zero-order valence-corrected chi connectivity index (χ0v) is 30.4. The zero-order valence-electron chi connectivity index (χ0n) is 28.8. The van der Waals surface area contributed by atoms with E-state index in [2.05, 4.69) is 28.4 Å². The smallest absolute Gasteiger partial charge is 0.282 e. The first-order valence-electron chi connectivity index (χ1n) is 17.3. The monoisotopic (exact) mass is 778 g/mol. The van der Waals surface area contributed by atoms with Crippen LogP contribution in [0.1, 0.15) is 11.1 Å². The normalized spacial score (nSPS) is 13.3. The second-order valence-corrected chi connectivity index (χ2v) is 16.3. The van der Waals surface area contributed by atoms with E-state index in [1.54, 1.807) is 36.4 Å². The third-order valence-corrected chi connectivity index (χ3v) is 11.9. The third-order valence-electron chi connectivity index (χ3n) is 10.2. The van der Waals surface area contributed by atoms with E-state index < -0.39 is 20.2 Å². The van der Waals surface area contributed by atoms with E-state index in [4.69, 9.17) is 0 Å². The molecule has 2 N–H and O–H groups in total. The van der Waals surface area contributed by atoms with Gasteiger partial charge in [-0.25, -0.2) is 0 Å². The molecule has 0 radical (unpaired) electrons. The van der Waals surface area contributed by atoms with Crippen LogP contribution in [0.3, 0.4) is 0 Å². The van der Waals surface area contributed by atoms with Gasteiger partial charge in [-0.3, -0.25) is 9.11 Å². The SMILES string of the molecule is O=S(=O)(O)c1ccc2c(ccc3c2n2n(-c4ccc(N=Nc5ccc(C=Cc6ccc(-n7n8c9ccc%10ccccc%10c9n78)cc6S(=O)(=O)O)cc5)cc4)n32)c1. The Bertz CT molecular complexity index is 3630. The van der Waals surface area contributed by atoms with E-state index >= 15 is 0 Å². The standard InChI is InChI=1S/C40H26N8O6S2/c49-55(50,51)33-19-20-35-28(23-33)11-22-37-40(35)47-43(45(37)47)31-17-14-30(15-18-31)42-41-29-12-6-25(7-13-29)5-8-27-9-16-32(24-38(27)56(52,53)54)44-46-36-21-10-26-3-1-2-4-34(26)39(36)48(44)46/h1-24H,(H,49,50,51)(H,52,53,54). The van der Waals surface area contributed by atoms with Crippen LogP contribution in [0.15, 0.2) is 153 Å². The predicted molar refractivity (Wildman–Crippen MR) is 212 cm³/mol. The Morgan fingerprint density at radius 2 is 1.09 bits per heavy atom. The lowest BCUT2D eigenvalue weighted by molar-refractivity contribution is 0.481. The lowest BCUT2D eigenvalue weighted by Gasteiger charge is -2.05. The van der Waals surface area contributed by atoms with Gasteiger partial charge < -0.3 is 0 Å². The molecule has 0 amide bonds. The van der Waals surface area contributed by atoms with Crippen LogP contribution in [0, 0.1) is 0 Å². The van der Waals surface area contributed by atoms with Crippen molar-refractivity contribution in [3.8, 4) is 11.4 Å². The molecule has 0 bridgehead atoms. The molecule has 0 atom stereocenters. The van der Waals surface area contributed by atoms with Crippen molar-refractivity contribution in [2.75, 3.05) is 0 Å². The second kappa shape index (κ2) is 11.3. The molecule has 0 saturated heterocycles. The van der Waals surface area contributed by atoms with Crippen molar-refractivity contribution in [1.29, 1.82) is 0 Å². The largest absolute Gasteiger partial charge is 0.295 e. The van der Waals surface area contributed by atoms with Gasteiger partial charge in [0.1, 0.15) is 27.0 Å². The number of nitrogens with zero attached hydrogens (tertiary/aromatic N) is 8. The highest BCUT2D eigenvalue weighted by atomic mass is 32.2. The van der Waals surface area contributed by atoms with Gasteiger partial charge in [-0.15, -0.1) is 18.5 Å². The summed E-state index contributed by atoms with van der Waals surface area (Å²) in [5.74, 6) is 0. The molecule has 11 rings (SSSR count). The minimum absolute atomic E-state index is 0.146. The number of azo groups is 1. The first kappa shape index (κ1) is 32.5. The molecule has 0 fully saturated rings. The first-order chi connectivity index (χ1) is 27.0. The fourth-order valence-electron chi connectivity index (χ4n) is 7.43. The maximum atomic E-state index is 12.5. The van der Waals surface area contributed by atoms with Gasteiger partial charge in [-0.05, 0) is 94.7 Å². The zero-order chi connectivity index (χ0) is 38.1. The molecule has 0 aliphatic carbocycles. The molecule has 0 spiro atoms. The van der Waals surface area contributed by atoms with Crippen molar-refractivity contribution in [3.05, 3.63) is 145 Å². The van der Waals surface area contributed by atoms with Crippen LogP contribution < -0.4 is 0 Å². The van der Waals surface area contributed by atoms with E-state index in [0.29, 0.717) is 28.0 Å². The molecular weight excluding hydrogens is 753 g/mol. The van der Waals surface area contributed by atoms with E-state index in [1.165, 1.54) is 18.2 Å². The van der Waals surface area contributed by atoms with E-state index in [0.717, 1.165) is 49.5 Å². The second-order valence-electron chi connectivity index (χ2n) is 13.5. The van der Waals surface area contributed by atoms with Gasteiger partial charge >= 0.3 is 0 Å². The maximum Gasteiger partial charge on any atom is 0.295 e. The van der Waals surface area contributed by atoms with Gasteiger partial charge in [0.25, 0.3) is 20.2 Å². The Kier molecular flexibility index (Phi) is 6.54.